The third-order valence-corrected chi connectivity index (χ3v) is 2.67. The molecule has 0 bridgehead atoms. The molecule has 1 rings (SSSR count). The normalized spacial score (nSPS) is 11.8. The fraction of sp³-hybridized carbons (Fsp3) is 0.333. The Hall–Kier alpha value is 0.150. The average molecular weight is 221 g/mol. The van der Waals surface area contributed by atoms with Gasteiger partial charge in [-0.15, -0.1) is 0 Å². The van der Waals surface area contributed by atoms with E-state index in [1.165, 1.54) is 0 Å². The van der Waals surface area contributed by atoms with Gasteiger partial charge in [0.25, 0.3) is 0 Å². The zero-order valence-electron chi connectivity index (χ0n) is 6.94. The summed E-state index contributed by atoms with van der Waals surface area (Å²) in [4.78, 5) is 0. The van der Waals surface area contributed by atoms with Crippen molar-refractivity contribution in [2.24, 2.45) is 0 Å². The Kier molecular flexibility index (Phi) is 2.97. The highest BCUT2D eigenvalue weighted by molar-refractivity contribution is 7.81. The van der Waals surface area contributed by atoms with Gasteiger partial charge in [-0.2, -0.15) is 12.6 Å². The molecule has 3 heteroatoms. The van der Waals surface area contributed by atoms with E-state index in [2.05, 4.69) is 12.6 Å². The van der Waals surface area contributed by atoms with Gasteiger partial charge >= 0.3 is 0 Å². The second-order valence-electron chi connectivity index (χ2n) is 3.16. The van der Waals surface area contributed by atoms with Gasteiger partial charge in [-0.3, -0.25) is 0 Å². The second-order valence-corrected chi connectivity index (χ2v) is 5.06. The van der Waals surface area contributed by atoms with E-state index in [0.29, 0.717) is 10.0 Å². The molecule has 0 N–H and O–H groups in total. The third-order valence-electron chi connectivity index (χ3n) is 1.61. The van der Waals surface area contributed by atoms with Crippen molar-refractivity contribution in [3.05, 3.63) is 33.8 Å². The molecule has 0 unspecified atom stereocenters. The van der Waals surface area contributed by atoms with Gasteiger partial charge in [0.2, 0.25) is 0 Å². The Morgan fingerprint density at radius 3 is 2.25 bits per heavy atom. The maximum atomic E-state index is 6.00. The molecule has 0 radical (unpaired) electrons. The van der Waals surface area contributed by atoms with Crippen LogP contribution in [0.3, 0.4) is 0 Å². The number of hydrogen-bond donors (Lipinski definition) is 1. The van der Waals surface area contributed by atoms with Crippen LogP contribution in [0.25, 0.3) is 0 Å². The lowest BCUT2D eigenvalue weighted by Crippen LogP contribution is -2.08. The second kappa shape index (κ2) is 3.49. The summed E-state index contributed by atoms with van der Waals surface area (Å²) in [6.45, 7) is 3.96. The van der Waals surface area contributed by atoms with Crippen molar-refractivity contribution in [2.45, 2.75) is 18.6 Å². The molecule has 0 aliphatic heterocycles. The zero-order valence-corrected chi connectivity index (χ0v) is 9.34. The lowest BCUT2D eigenvalue weighted by atomic mass is 10.0. The van der Waals surface area contributed by atoms with Crippen molar-refractivity contribution in [1.82, 2.24) is 0 Å². The van der Waals surface area contributed by atoms with E-state index >= 15 is 0 Å². The minimum atomic E-state index is -0.248. The van der Waals surface area contributed by atoms with Crippen molar-refractivity contribution in [3.8, 4) is 0 Å². The number of rotatable bonds is 1. The van der Waals surface area contributed by atoms with Gasteiger partial charge in [0.05, 0.1) is 10.0 Å². The summed E-state index contributed by atoms with van der Waals surface area (Å²) >= 11 is 16.3. The molecular weight excluding hydrogens is 211 g/mol. The molecule has 0 saturated carbocycles. The van der Waals surface area contributed by atoms with Gasteiger partial charge in [-0.05, 0) is 25.5 Å². The molecule has 0 spiro atoms. The van der Waals surface area contributed by atoms with Crippen molar-refractivity contribution < 1.29 is 0 Å². The summed E-state index contributed by atoms with van der Waals surface area (Å²) in [5.74, 6) is 0. The smallest absolute Gasteiger partial charge is 0.0638 e. The molecule has 0 heterocycles. The predicted octanol–water partition coefficient (Wildman–Crippen LogP) is 4.16. The first-order chi connectivity index (χ1) is 5.43. The molecule has 66 valence electrons. The summed E-state index contributed by atoms with van der Waals surface area (Å²) < 4.78 is -0.248. The monoisotopic (exact) mass is 220 g/mol. The first kappa shape index (κ1) is 10.2. The summed E-state index contributed by atoms with van der Waals surface area (Å²) in [5.41, 5.74) is 0.958. The van der Waals surface area contributed by atoms with E-state index in [1.54, 1.807) is 6.07 Å². The van der Waals surface area contributed by atoms with Gasteiger partial charge in [0.1, 0.15) is 0 Å². The van der Waals surface area contributed by atoms with Crippen molar-refractivity contribution >= 4 is 35.8 Å². The molecule has 12 heavy (non-hydrogen) atoms. The summed E-state index contributed by atoms with van der Waals surface area (Å²) in [5, 5.41) is 1.18. The van der Waals surface area contributed by atoms with Gasteiger partial charge in [-0.25, -0.2) is 0 Å². The molecule has 0 aromatic heterocycles. The van der Waals surface area contributed by atoms with Crippen LogP contribution in [0.1, 0.15) is 19.4 Å². The minimum absolute atomic E-state index is 0.248. The van der Waals surface area contributed by atoms with Crippen LogP contribution in [0, 0.1) is 0 Å². The standard InChI is InChI=1S/C9H10Cl2S/c1-9(2,12)6-4-3-5-7(10)8(6)11/h3-5,12H,1-2H3. The Bertz CT molecular complexity index is 289. The van der Waals surface area contributed by atoms with Crippen LogP contribution in [0.4, 0.5) is 0 Å². The number of hydrogen-bond acceptors (Lipinski definition) is 1. The fourth-order valence-corrected chi connectivity index (χ4v) is 1.77. The summed E-state index contributed by atoms with van der Waals surface area (Å²) in [7, 11) is 0. The first-order valence-corrected chi connectivity index (χ1v) is 4.80. The van der Waals surface area contributed by atoms with Crippen molar-refractivity contribution in [3.63, 3.8) is 0 Å². The minimum Gasteiger partial charge on any atom is -0.168 e. The highest BCUT2D eigenvalue weighted by atomic mass is 35.5. The quantitative estimate of drug-likeness (QED) is 0.676. The topological polar surface area (TPSA) is 0 Å². The largest absolute Gasteiger partial charge is 0.168 e. The predicted molar refractivity (Wildman–Crippen MR) is 58.5 cm³/mol. The molecule has 0 nitrogen and oxygen atoms in total. The Morgan fingerprint density at radius 2 is 1.83 bits per heavy atom. The van der Waals surface area contributed by atoms with E-state index in [-0.39, 0.29) is 4.75 Å². The Balaban J connectivity index is 3.26. The summed E-state index contributed by atoms with van der Waals surface area (Å²) in [6, 6.07) is 5.58. The van der Waals surface area contributed by atoms with Gasteiger partial charge < -0.3 is 0 Å². The van der Waals surface area contributed by atoms with E-state index in [4.69, 9.17) is 23.2 Å². The number of thiol groups is 1. The first-order valence-electron chi connectivity index (χ1n) is 3.60. The van der Waals surface area contributed by atoms with Crippen LogP contribution in [0.2, 0.25) is 10.0 Å². The average Bonchev–Trinajstić information content (AvgIpc) is 1.92. The molecule has 0 aliphatic rings. The molecule has 0 atom stereocenters. The van der Waals surface area contributed by atoms with Crippen molar-refractivity contribution in [2.75, 3.05) is 0 Å². The van der Waals surface area contributed by atoms with Crippen LogP contribution in [0.5, 0.6) is 0 Å². The van der Waals surface area contributed by atoms with Crippen LogP contribution in [-0.2, 0) is 4.75 Å². The van der Waals surface area contributed by atoms with Gasteiger partial charge in [0.15, 0.2) is 0 Å². The van der Waals surface area contributed by atoms with Gasteiger partial charge in [0, 0.05) is 4.75 Å². The molecule has 0 fully saturated rings. The highest BCUT2D eigenvalue weighted by Crippen LogP contribution is 2.36. The maximum Gasteiger partial charge on any atom is 0.0638 e. The summed E-state index contributed by atoms with van der Waals surface area (Å²) in [6.07, 6.45) is 0. The number of halogens is 2. The molecule has 0 amide bonds. The van der Waals surface area contributed by atoms with Gasteiger partial charge in [-0.1, -0.05) is 35.3 Å². The van der Waals surface area contributed by atoms with E-state index < -0.39 is 0 Å². The highest BCUT2D eigenvalue weighted by Gasteiger charge is 2.19. The van der Waals surface area contributed by atoms with Crippen LogP contribution < -0.4 is 0 Å². The van der Waals surface area contributed by atoms with E-state index in [1.807, 2.05) is 26.0 Å². The Morgan fingerprint density at radius 1 is 1.25 bits per heavy atom. The maximum absolute atomic E-state index is 6.00. The van der Waals surface area contributed by atoms with Crippen LogP contribution >= 0.6 is 35.8 Å². The van der Waals surface area contributed by atoms with Crippen LogP contribution in [0.15, 0.2) is 18.2 Å². The molecule has 1 aromatic rings. The molecule has 0 aliphatic carbocycles. The Labute approximate surface area is 88.3 Å². The third kappa shape index (κ3) is 2.09. The zero-order chi connectivity index (χ0) is 9.35. The lowest BCUT2D eigenvalue weighted by Gasteiger charge is -2.19. The SMILES string of the molecule is CC(C)(S)c1cccc(Cl)c1Cl. The fourth-order valence-electron chi connectivity index (χ4n) is 0.976. The lowest BCUT2D eigenvalue weighted by molar-refractivity contribution is 0.791. The van der Waals surface area contributed by atoms with E-state index in [9.17, 15) is 0 Å². The molecule has 1 aromatic carbocycles. The van der Waals surface area contributed by atoms with Crippen LogP contribution in [-0.4, -0.2) is 0 Å². The van der Waals surface area contributed by atoms with E-state index in [0.717, 1.165) is 5.56 Å². The van der Waals surface area contributed by atoms with Crippen molar-refractivity contribution in [1.29, 1.82) is 0 Å². The number of benzene rings is 1. The molecular formula is C9H10Cl2S. The molecule has 0 saturated heterocycles.